The summed E-state index contributed by atoms with van der Waals surface area (Å²) in [6.45, 7) is 0.738. The maximum absolute atomic E-state index is 12.0. The minimum absolute atomic E-state index is 0.256. The summed E-state index contributed by atoms with van der Waals surface area (Å²) in [5, 5.41) is 11.4. The largest absolute Gasteiger partial charge is 0.465 e. The van der Waals surface area contributed by atoms with Gasteiger partial charge in [-0.25, -0.2) is 9.18 Å². The van der Waals surface area contributed by atoms with Crippen molar-refractivity contribution in [2.75, 3.05) is 26.3 Å². The molecule has 5 heteroatoms. The van der Waals surface area contributed by atoms with Crippen LogP contribution in [0, 0.1) is 0 Å². The summed E-state index contributed by atoms with van der Waals surface area (Å²) in [7, 11) is 0. The van der Waals surface area contributed by atoms with Crippen LogP contribution in [-0.4, -0.2) is 48.5 Å². The summed E-state index contributed by atoms with van der Waals surface area (Å²) >= 11 is 0. The van der Waals surface area contributed by atoms with Crippen LogP contribution in [0.1, 0.15) is 0 Å². The van der Waals surface area contributed by atoms with Gasteiger partial charge in [0, 0.05) is 19.6 Å². The number of hydrogen-bond acceptors (Lipinski definition) is 2. The fourth-order valence-electron chi connectivity index (χ4n) is 1.10. The second-order valence-corrected chi connectivity index (χ2v) is 2.53. The van der Waals surface area contributed by atoms with E-state index in [2.05, 4.69) is 5.32 Å². The number of carboxylic acid groups (broad SMARTS) is 1. The Morgan fingerprint density at radius 3 is 3.09 bits per heavy atom. The lowest BCUT2D eigenvalue weighted by Gasteiger charge is -2.29. The molecule has 0 aromatic rings. The van der Waals surface area contributed by atoms with Crippen molar-refractivity contribution in [2.45, 2.75) is 6.04 Å². The Kier molecular flexibility index (Phi) is 2.64. The van der Waals surface area contributed by atoms with Crippen molar-refractivity contribution in [1.82, 2.24) is 10.2 Å². The Balaban J connectivity index is 2.39. The molecule has 1 fully saturated rings. The van der Waals surface area contributed by atoms with Crippen molar-refractivity contribution < 1.29 is 14.3 Å². The number of rotatable bonds is 1. The standard InChI is InChI=1S/C6H11FN2O2/c7-3-5-4-9(6(10)11)2-1-8-5/h5,8H,1-4H2,(H,10,11)/t5-/m1/s1. The predicted octanol–water partition coefficient (Wildman–Crippen LogP) is -0.0923. The van der Waals surface area contributed by atoms with Crippen LogP contribution in [0.5, 0.6) is 0 Å². The summed E-state index contributed by atoms with van der Waals surface area (Å²) < 4.78 is 12.0. The number of hydrogen-bond donors (Lipinski definition) is 2. The maximum atomic E-state index is 12.0. The molecule has 0 spiro atoms. The zero-order chi connectivity index (χ0) is 8.27. The van der Waals surface area contributed by atoms with E-state index < -0.39 is 12.8 Å². The van der Waals surface area contributed by atoms with Crippen LogP contribution in [0.2, 0.25) is 0 Å². The minimum Gasteiger partial charge on any atom is -0.465 e. The van der Waals surface area contributed by atoms with Crippen LogP contribution in [-0.2, 0) is 0 Å². The summed E-state index contributed by atoms with van der Waals surface area (Å²) in [4.78, 5) is 11.6. The van der Waals surface area contributed by atoms with Crippen molar-refractivity contribution in [2.24, 2.45) is 0 Å². The predicted molar refractivity (Wildman–Crippen MR) is 37.4 cm³/mol. The molecule has 1 saturated heterocycles. The van der Waals surface area contributed by atoms with E-state index in [1.807, 2.05) is 0 Å². The van der Waals surface area contributed by atoms with Gasteiger partial charge in [0.25, 0.3) is 0 Å². The molecule has 1 aliphatic rings. The molecule has 0 aromatic carbocycles. The molecule has 2 N–H and O–H groups in total. The van der Waals surface area contributed by atoms with Crippen LogP contribution >= 0.6 is 0 Å². The summed E-state index contributed by atoms with van der Waals surface area (Å²) in [6, 6.07) is -0.320. The molecule has 1 rings (SSSR count). The summed E-state index contributed by atoms with van der Waals surface area (Å²) in [5.41, 5.74) is 0. The molecule has 0 bridgehead atoms. The lowest BCUT2D eigenvalue weighted by molar-refractivity contribution is 0.124. The van der Waals surface area contributed by atoms with Crippen LogP contribution in [0.3, 0.4) is 0 Å². The second kappa shape index (κ2) is 3.52. The fraction of sp³-hybridized carbons (Fsp3) is 0.833. The first kappa shape index (κ1) is 8.26. The second-order valence-electron chi connectivity index (χ2n) is 2.53. The first-order valence-electron chi connectivity index (χ1n) is 3.51. The van der Waals surface area contributed by atoms with Gasteiger partial charge in [-0.15, -0.1) is 0 Å². The Hall–Kier alpha value is -0.840. The number of amides is 1. The number of nitrogens with one attached hydrogen (secondary N) is 1. The van der Waals surface area contributed by atoms with Gasteiger partial charge in [-0.2, -0.15) is 0 Å². The van der Waals surface area contributed by atoms with E-state index in [9.17, 15) is 9.18 Å². The van der Waals surface area contributed by atoms with E-state index in [0.29, 0.717) is 13.1 Å². The van der Waals surface area contributed by atoms with Gasteiger partial charge in [0.2, 0.25) is 0 Å². The highest BCUT2D eigenvalue weighted by atomic mass is 19.1. The van der Waals surface area contributed by atoms with Crippen molar-refractivity contribution in [3.63, 3.8) is 0 Å². The van der Waals surface area contributed by atoms with E-state index in [-0.39, 0.29) is 12.6 Å². The maximum Gasteiger partial charge on any atom is 0.407 e. The van der Waals surface area contributed by atoms with Gasteiger partial charge in [-0.1, -0.05) is 0 Å². The Labute approximate surface area is 64.0 Å². The van der Waals surface area contributed by atoms with Gasteiger partial charge in [0.1, 0.15) is 6.67 Å². The van der Waals surface area contributed by atoms with Gasteiger partial charge >= 0.3 is 6.09 Å². The van der Waals surface area contributed by atoms with E-state index >= 15 is 0 Å². The number of alkyl halides is 1. The summed E-state index contributed by atoms with van der Waals surface area (Å²) in [5.74, 6) is 0. The van der Waals surface area contributed by atoms with Gasteiger partial charge in [-0.05, 0) is 0 Å². The van der Waals surface area contributed by atoms with Gasteiger partial charge in [0.15, 0.2) is 0 Å². The SMILES string of the molecule is O=C(O)N1CCN[C@H](CF)C1. The topological polar surface area (TPSA) is 52.6 Å². The van der Waals surface area contributed by atoms with E-state index in [0.717, 1.165) is 0 Å². The third-order valence-electron chi connectivity index (χ3n) is 1.71. The zero-order valence-corrected chi connectivity index (χ0v) is 6.09. The molecule has 11 heavy (non-hydrogen) atoms. The Bertz CT molecular complexity index is 154. The molecule has 4 nitrogen and oxygen atoms in total. The smallest absolute Gasteiger partial charge is 0.407 e. The Morgan fingerprint density at radius 1 is 1.82 bits per heavy atom. The molecule has 64 valence electrons. The Morgan fingerprint density at radius 2 is 2.55 bits per heavy atom. The highest BCUT2D eigenvalue weighted by molar-refractivity contribution is 5.65. The minimum atomic E-state index is -0.968. The molecule has 0 aromatic heterocycles. The first-order valence-corrected chi connectivity index (χ1v) is 3.51. The highest BCUT2D eigenvalue weighted by Gasteiger charge is 2.21. The van der Waals surface area contributed by atoms with Crippen LogP contribution < -0.4 is 5.32 Å². The highest BCUT2D eigenvalue weighted by Crippen LogP contribution is 1.99. The zero-order valence-electron chi connectivity index (χ0n) is 6.09. The van der Waals surface area contributed by atoms with E-state index in [1.54, 1.807) is 0 Å². The van der Waals surface area contributed by atoms with Crippen LogP contribution in [0.15, 0.2) is 0 Å². The molecule has 0 saturated carbocycles. The molecule has 1 aliphatic heterocycles. The van der Waals surface area contributed by atoms with E-state index in [4.69, 9.17) is 5.11 Å². The molecule has 1 amide bonds. The first-order chi connectivity index (χ1) is 5.24. The van der Waals surface area contributed by atoms with Gasteiger partial charge in [-0.3, -0.25) is 0 Å². The van der Waals surface area contributed by atoms with Crippen molar-refractivity contribution in [1.29, 1.82) is 0 Å². The molecule has 0 unspecified atom stereocenters. The third-order valence-corrected chi connectivity index (χ3v) is 1.71. The van der Waals surface area contributed by atoms with Crippen molar-refractivity contribution in [3.05, 3.63) is 0 Å². The number of carbonyl (C=O) groups is 1. The monoisotopic (exact) mass is 162 g/mol. The van der Waals surface area contributed by atoms with Crippen LogP contribution in [0.4, 0.5) is 9.18 Å². The van der Waals surface area contributed by atoms with Crippen LogP contribution in [0.25, 0.3) is 0 Å². The fourth-order valence-corrected chi connectivity index (χ4v) is 1.10. The molecule has 1 heterocycles. The normalized spacial score (nSPS) is 25.2. The molecule has 0 aliphatic carbocycles. The molecular formula is C6H11FN2O2. The lowest BCUT2D eigenvalue weighted by Crippen LogP contribution is -2.53. The summed E-state index contributed by atoms with van der Waals surface area (Å²) in [6.07, 6.45) is -0.968. The quantitative estimate of drug-likeness (QED) is 0.566. The van der Waals surface area contributed by atoms with E-state index in [1.165, 1.54) is 4.90 Å². The number of halogens is 1. The van der Waals surface area contributed by atoms with Crippen molar-refractivity contribution in [3.8, 4) is 0 Å². The lowest BCUT2D eigenvalue weighted by atomic mass is 10.2. The third kappa shape index (κ3) is 2.04. The van der Waals surface area contributed by atoms with Gasteiger partial charge in [0.05, 0.1) is 6.04 Å². The molecule has 1 atom stereocenters. The molecular weight excluding hydrogens is 151 g/mol. The van der Waals surface area contributed by atoms with Crippen molar-refractivity contribution >= 4 is 6.09 Å². The van der Waals surface area contributed by atoms with Gasteiger partial charge < -0.3 is 15.3 Å². The average Bonchev–Trinajstić information content (AvgIpc) is 2.05. The average molecular weight is 162 g/mol. The number of piperazine rings is 1. The molecule has 0 radical (unpaired) electrons. The number of nitrogens with zero attached hydrogens (tertiary/aromatic N) is 1.